The average molecular weight is 106 g/mol. The molecule has 0 aromatic carbocycles. The minimum absolute atomic E-state index is 1.03. The van der Waals surface area contributed by atoms with E-state index in [1.54, 1.807) is 0 Å². The van der Waals surface area contributed by atoms with Gasteiger partial charge in [-0.25, -0.2) is 4.57 Å². The zero-order valence-electron chi connectivity index (χ0n) is 2.66. The maximum absolute atomic E-state index is 9.30. The Morgan fingerprint density at radius 1 is 2.00 bits per heavy atom. The third-order valence-corrected chi connectivity index (χ3v) is 0.357. The van der Waals surface area contributed by atoms with Gasteiger partial charge in [0.25, 0.3) is 6.26 Å². The SMILES string of the molecule is N#CO[P](=O)O. The standard InChI is InChI=1S/CHNO3P/c2-1-5-6(3)4/h(H,3,4). The molecular formula is CHNO3P. The van der Waals surface area contributed by atoms with Gasteiger partial charge in [0.05, 0.1) is 0 Å². The highest BCUT2D eigenvalue weighted by atomic mass is 31.1. The second-order valence-corrected chi connectivity index (χ2v) is 1.08. The fraction of sp³-hybridized carbons (Fsp3) is 0. The summed E-state index contributed by atoms with van der Waals surface area (Å²) >= 11 is 0. The average Bonchev–Trinajstić information content (AvgIpc) is 1.35. The molecule has 0 aliphatic carbocycles. The van der Waals surface area contributed by atoms with Crippen LogP contribution < -0.4 is 0 Å². The first kappa shape index (κ1) is 5.35. The van der Waals surface area contributed by atoms with Crippen molar-refractivity contribution < 1.29 is 14.0 Å². The van der Waals surface area contributed by atoms with Gasteiger partial charge in [0.15, 0.2) is 0 Å². The second kappa shape index (κ2) is 2.58. The molecule has 5 heteroatoms. The summed E-state index contributed by atoms with van der Waals surface area (Å²) in [5, 5.41) is 7.42. The van der Waals surface area contributed by atoms with Crippen molar-refractivity contribution in [2.24, 2.45) is 0 Å². The molecule has 1 radical (unpaired) electrons. The lowest BCUT2D eigenvalue weighted by Gasteiger charge is -1.73. The highest BCUT2D eigenvalue weighted by Crippen LogP contribution is 2.11. The topological polar surface area (TPSA) is 70.3 Å². The molecule has 1 N–H and O–H groups in total. The molecule has 0 rings (SSSR count). The van der Waals surface area contributed by atoms with Crippen molar-refractivity contribution in [3.8, 4) is 6.26 Å². The molecule has 0 aliphatic rings. The van der Waals surface area contributed by atoms with Gasteiger partial charge in [-0.15, -0.1) is 5.26 Å². The van der Waals surface area contributed by atoms with Crippen LogP contribution in [0.25, 0.3) is 0 Å². The highest BCUT2D eigenvalue weighted by Gasteiger charge is 1.85. The summed E-state index contributed by atoms with van der Waals surface area (Å²) in [6.07, 6.45) is 1.03. The van der Waals surface area contributed by atoms with Gasteiger partial charge in [-0.2, -0.15) is 0 Å². The smallest absolute Gasteiger partial charge is 0.320 e. The fourth-order valence-corrected chi connectivity index (χ4v) is 0.105. The molecule has 4 nitrogen and oxygen atoms in total. The molecule has 0 aliphatic heterocycles. The lowest BCUT2D eigenvalue weighted by Crippen LogP contribution is -1.57. The summed E-state index contributed by atoms with van der Waals surface area (Å²) in [6.45, 7) is 0. The quantitative estimate of drug-likeness (QED) is 0.381. The Morgan fingerprint density at radius 2 is 2.50 bits per heavy atom. The first-order valence-electron chi connectivity index (χ1n) is 0.993. The van der Waals surface area contributed by atoms with Crippen LogP contribution in [0.2, 0.25) is 0 Å². The van der Waals surface area contributed by atoms with Gasteiger partial charge in [-0.1, -0.05) is 0 Å². The zero-order chi connectivity index (χ0) is 4.99. The lowest BCUT2D eigenvalue weighted by atomic mass is 11.6. The van der Waals surface area contributed by atoms with Crippen molar-refractivity contribution >= 4 is 8.25 Å². The summed E-state index contributed by atoms with van der Waals surface area (Å²) in [7, 11) is -2.71. The van der Waals surface area contributed by atoms with Crippen LogP contribution in [0.15, 0.2) is 0 Å². The van der Waals surface area contributed by atoms with Crippen LogP contribution in [0, 0.1) is 11.5 Å². The van der Waals surface area contributed by atoms with Crippen molar-refractivity contribution in [2.75, 3.05) is 0 Å². The third kappa shape index (κ3) is 3.35. The molecule has 0 fully saturated rings. The van der Waals surface area contributed by atoms with E-state index in [1.165, 1.54) is 0 Å². The number of nitriles is 1. The molecular weight excluding hydrogens is 105 g/mol. The molecule has 0 aromatic heterocycles. The van der Waals surface area contributed by atoms with Gasteiger partial charge >= 0.3 is 8.25 Å². The lowest BCUT2D eigenvalue weighted by molar-refractivity contribution is 0.389. The van der Waals surface area contributed by atoms with Crippen molar-refractivity contribution in [3.05, 3.63) is 0 Å². The van der Waals surface area contributed by atoms with Crippen LogP contribution >= 0.6 is 8.25 Å². The van der Waals surface area contributed by atoms with E-state index in [0.717, 1.165) is 6.26 Å². The number of nitrogens with zero attached hydrogens (tertiary/aromatic N) is 1. The first-order chi connectivity index (χ1) is 2.77. The van der Waals surface area contributed by atoms with Crippen molar-refractivity contribution in [3.63, 3.8) is 0 Å². The van der Waals surface area contributed by atoms with Crippen molar-refractivity contribution in [2.45, 2.75) is 0 Å². The van der Waals surface area contributed by atoms with E-state index in [4.69, 9.17) is 10.2 Å². The molecule has 33 valence electrons. The number of hydrogen-bond acceptors (Lipinski definition) is 3. The largest absolute Gasteiger partial charge is 0.436 e. The van der Waals surface area contributed by atoms with E-state index in [9.17, 15) is 4.57 Å². The van der Waals surface area contributed by atoms with E-state index in [-0.39, 0.29) is 0 Å². The first-order valence-corrected chi connectivity index (χ1v) is 2.12. The zero-order valence-corrected chi connectivity index (χ0v) is 3.55. The maximum atomic E-state index is 9.30. The van der Waals surface area contributed by atoms with Gasteiger partial charge in [0, 0.05) is 0 Å². The molecule has 0 spiro atoms. The van der Waals surface area contributed by atoms with E-state index >= 15 is 0 Å². The summed E-state index contributed by atoms with van der Waals surface area (Å²) < 4.78 is 12.7. The Hall–Kier alpha value is -0.650. The van der Waals surface area contributed by atoms with E-state index < -0.39 is 8.25 Å². The molecule has 0 amide bonds. The third-order valence-electron chi connectivity index (χ3n) is 0.119. The van der Waals surface area contributed by atoms with Gasteiger partial charge in [0.1, 0.15) is 0 Å². The van der Waals surface area contributed by atoms with Gasteiger partial charge in [-0.3, -0.25) is 4.89 Å². The Balaban J connectivity index is 3.13. The number of hydrogen-bond donors (Lipinski definition) is 1. The maximum Gasteiger partial charge on any atom is 0.436 e. The van der Waals surface area contributed by atoms with Crippen LogP contribution in [-0.4, -0.2) is 4.89 Å². The predicted octanol–water partition coefficient (Wildman–Crippen LogP) is 0.134. The second-order valence-electron chi connectivity index (χ2n) is 0.420. The summed E-state index contributed by atoms with van der Waals surface area (Å²) in [5.41, 5.74) is 0. The van der Waals surface area contributed by atoms with Crippen LogP contribution in [0.4, 0.5) is 0 Å². The molecule has 6 heavy (non-hydrogen) atoms. The van der Waals surface area contributed by atoms with E-state index in [2.05, 4.69) is 4.52 Å². The molecule has 1 unspecified atom stereocenters. The minimum atomic E-state index is -2.71. The molecule has 1 atom stereocenters. The number of rotatable bonds is 1. The monoisotopic (exact) mass is 106 g/mol. The van der Waals surface area contributed by atoms with E-state index in [1.807, 2.05) is 0 Å². The van der Waals surface area contributed by atoms with Gasteiger partial charge in [-0.05, 0) is 0 Å². The Labute approximate surface area is 34.9 Å². The fourth-order valence-electron chi connectivity index (χ4n) is 0.0349. The summed E-state index contributed by atoms with van der Waals surface area (Å²) in [4.78, 5) is 7.62. The van der Waals surface area contributed by atoms with Gasteiger partial charge in [0.2, 0.25) is 0 Å². The molecule has 0 aromatic rings. The molecule has 0 heterocycles. The minimum Gasteiger partial charge on any atom is -0.320 e. The van der Waals surface area contributed by atoms with Crippen LogP contribution in [0.3, 0.4) is 0 Å². The van der Waals surface area contributed by atoms with Crippen molar-refractivity contribution in [1.82, 2.24) is 0 Å². The molecule has 0 saturated heterocycles. The Bertz CT molecular complexity index is 93.5. The highest BCUT2D eigenvalue weighted by molar-refractivity contribution is 7.32. The Kier molecular flexibility index (Phi) is 2.30. The Morgan fingerprint density at radius 3 is 2.50 bits per heavy atom. The van der Waals surface area contributed by atoms with Crippen molar-refractivity contribution in [1.29, 1.82) is 5.26 Å². The van der Waals surface area contributed by atoms with Crippen LogP contribution in [0.1, 0.15) is 0 Å². The normalized spacial score (nSPS) is 9.00. The summed E-state index contributed by atoms with van der Waals surface area (Å²) in [5.74, 6) is 0. The van der Waals surface area contributed by atoms with E-state index in [0.29, 0.717) is 0 Å². The van der Waals surface area contributed by atoms with Gasteiger partial charge < -0.3 is 4.52 Å². The molecule has 0 bridgehead atoms. The predicted molar refractivity (Wildman–Crippen MR) is 16.5 cm³/mol. The molecule has 0 saturated carbocycles. The van der Waals surface area contributed by atoms with Crippen LogP contribution in [0.5, 0.6) is 0 Å². The van der Waals surface area contributed by atoms with Crippen LogP contribution in [-0.2, 0) is 9.09 Å². The summed E-state index contributed by atoms with van der Waals surface area (Å²) in [6, 6.07) is 0.